The second-order valence-electron chi connectivity index (χ2n) is 2.18. The molecule has 1 aliphatic heterocycles. The van der Waals surface area contributed by atoms with Gasteiger partial charge in [0.2, 0.25) is 11.8 Å². The fraction of sp³-hybridized carbons (Fsp3) is 0.667. The van der Waals surface area contributed by atoms with E-state index in [0.29, 0.717) is 12.8 Å². The first-order valence-corrected chi connectivity index (χ1v) is 3.12. The van der Waals surface area contributed by atoms with Crippen LogP contribution in [-0.2, 0) is 9.59 Å². The molecule has 3 heteroatoms. The highest BCUT2D eigenvalue weighted by molar-refractivity contribution is 5.95. The van der Waals surface area contributed by atoms with Crippen molar-refractivity contribution >= 4 is 11.8 Å². The van der Waals surface area contributed by atoms with Crippen LogP contribution in [-0.4, -0.2) is 11.8 Å². The number of hydrogen-bond donors (Lipinski definition) is 1. The molecular formula is C6H9NO2. The van der Waals surface area contributed by atoms with E-state index >= 15 is 0 Å². The molecular weight excluding hydrogens is 118 g/mol. The van der Waals surface area contributed by atoms with Crippen LogP contribution >= 0.6 is 0 Å². The number of nitrogens with one attached hydrogen (secondary N) is 1. The maximum atomic E-state index is 10.6. The van der Waals surface area contributed by atoms with E-state index in [-0.39, 0.29) is 11.8 Å². The first-order chi connectivity index (χ1) is 4.29. The largest absolute Gasteiger partial charge is 0.296 e. The Balaban J connectivity index is 2.47. The summed E-state index contributed by atoms with van der Waals surface area (Å²) in [6, 6.07) is 0. The molecule has 1 fully saturated rings. The summed E-state index contributed by atoms with van der Waals surface area (Å²) in [6.45, 7) is 0. The van der Waals surface area contributed by atoms with Gasteiger partial charge in [0.15, 0.2) is 0 Å². The molecule has 0 spiro atoms. The highest BCUT2D eigenvalue weighted by Gasteiger charge is 2.11. The summed E-state index contributed by atoms with van der Waals surface area (Å²) in [4.78, 5) is 21.1. The fourth-order valence-corrected chi connectivity index (χ4v) is 0.852. The van der Waals surface area contributed by atoms with Crippen molar-refractivity contribution in [3.8, 4) is 0 Å². The lowest BCUT2D eigenvalue weighted by molar-refractivity contribution is -0.129. The first kappa shape index (κ1) is 6.26. The molecule has 1 N–H and O–H groups in total. The van der Waals surface area contributed by atoms with Gasteiger partial charge in [0, 0.05) is 12.8 Å². The Bertz CT molecular complexity index is 126. The van der Waals surface area contributed by atoms with Gasteiger partial charge in [-0.15, -0.1) is 0 Å². The summed E-state index contributed by atoms with van der Waals surface area (Å²) in [5.74, 6) is -0.255. The lowest BCUT2D eigenvalue weighted by Gasteiger charge is -1.93. The van der Waals surface area contributed by atoms with Gasteiger partial charge >= 0.3 is 0 Å². The first-order valence-electron chi connectivity index (χ1n) is 3.12. The SMILES string of the molecule is O=C1CCCCC(=O)N1. The van der Waals surface area contributed by atoms with Gasteiger partial charge < -0.3 is 0 Å². The summed E-state index contributed by atoms with van der Waals surface area (Å²) >= 11 is 0. The molecule has 0 saturated carbocycles. The lowest BCUT2D eigenvalue weighted by Crippen LogP contribution is -2.27. The maximum absolute atomic E-state index is 10.6. The second kappa shape index (κ2) is 2.62. The van der Waals surface area contributed by atoms with Crippen molar-refractivity contribution in [2.75, 3.05) is 0 Å². The number of hydrogen-bond acceptors (Lipinski definition) is 2. The van der Waals surface area contributed by atoms with E-state index in [1.54, 1.807) is 0 Å². The van der Waals surface area contributed by atoms with E-state index in [1.165, 1.54) is 0 Å². The average molecular weight is 127 g/mol. The third-order valence-electron chi connectivity index (χ3n) is 1.34. The van der Waals surface area contributed by atoms with Crippen LogP contribution in [0.15, 0.2) is 0 Å². The Morgan fingerprint density at radius 1 is 1.00 bits per heavy atom. The Labute approximate surface area is 53.4 Å². The molecule has 0 radical (unpaired) electrons. The van der Waals surface area contributed by atoms with Crippen molar-refractivity contribution < 1.29 is 9.59 Å². The molecule has 0 aromatic rings. The number of carbonyl (C=O) groups excluding carboxylic acids is 2. The van der Waals surface area contributed by atoms with Crippen molar-refractivity contribution in [2.24, 2.45) is 0 Å². The molecule has 1 saturated heterocycles. The van der Waals surface area contributed by atoms with Gasteiger partial charge in [0.1, 0.15) is 0 Å². The molecule has 9 heavy (non-hydrogen) atoms. The third-order valence-corrected chi connectivity index (χ3v) is 1.34. The van der Waals surface area contributed by atoms with Crippen LogP contribution in [0, 0.1) is 0 Å². The molecule has 1 rings (SSSR count). The quantitative estimate of drug-likeness (QED) is 0.472. The van der Waals surface area contributed by atoms with Gasteiger partial charge in [-0.25, -0.2) is 0 Å². The van der Waals surface area contributed by atoms with Gasteiger partial charge in [-0.3, -0.25) is 14.9 Å². The number of carbonyl (C=O) groups is 2. The molecule has 0 bridgehead atoms. The van der Waals surface area contributed by atoms with Crippen molar-refractivity contribution in [1.82, 2.24) is 5.32 Å². The van der Waals surface area contributed by atoms with Gasteiger partial charge in [0.25, 0.3) is 0 Å². The standard InChI is InChI=1S/C6H9NO2/c8-5-3-1-2-4-6(9)7-5/h1-4H2,(H,7,8,9). The lowest BCUT2D eigenvalue weighted by atomic mass is 10.2. The molecule has 0 aliphatic carbocycles. The molecule has 3 nitrogen and oxygen atoms in total. The molecule has 0 aromatic carbocycles. The minimum atomic E-state index is -0.127. The zero-order chi connectivity index (χ0) is 6.69. The summed E-state index contributed by atoms with van der Waals surface area (Å²) < 4.78 is 0. The van der Waals surface area contributed by atoms with Crippen molar-refractivity contribution in [2.45, 2.75) is 25.7 Å². The Kier molecular flexibility index (Phi) is 1.82. The Hall–Kier alpha value is -0.860. The number of amides is 2. The zero-order valence-corrected chi connectivity index (χ0v) is 5.14. The average Bonchev–Trinajstić information content (AvgIpc) is 1.93. The van der Waals surface area contributed by atoms with E-state index in [0.717, 1.165) is 12.8 Å². The monoisotopic (exact) mass is 127 g/mol. The maximum Gasteiger partial charge on any atom is 0.226 e. The van der Waals surface area contributed by atoms with Crippen LogP contribution in [0.2, 0.25) is 0 Å². The molecule has 2 amide bonds. The van der Waals surface area contributed by atoms with Gasteiger partial charge in [-0.1, -0.05) is 0 Å². The van der Waals surface area contributed by atoms with E-state index in [1.807, 2.05) is 0 Å². The summed E-state index contributed by atoms with van der Waals surface area (Å²) in [5, 5.41) is 2.26. The molecule has 1 heterocycles. The van der Waals surface area contributed by atoms with Crippen LogP contribution < -0.4 is 5.32 Å². The molecule has 1 aliphatic rings. The third kappa shape index (κ3) is 1.83. The van der Waals surface area contributed by atoms with E-state index in [2.05, 4.69) is 5.32 Å². The minimum Gasteiger partial charge on any atom is -0.296 e. The van der Waals surface area contributed by atoms with Gasteiger partial charge in [-0.2, -0.15) is 0 Å². The number of imide groups is 1. The highest BCUT2D eigenvalue weighted by atomic mass is 16.2. The van der Waals surface area contributed by atoms with E-state index < -0.39 is 0 Å². The second-order valence-corrected chi connectivity index (χ2v) is 2.18. The van der Waals surface area contributed by atoms with Gasteiger partial charge in [0.05, 0.1) is 0 Å². The van der Waals surface area contributed by atoms with Crippen LogP contribution in [0.4, 0.5) is 0 Å². The summed E-state index contributed by atoms with van der Waals surface area (Å²) in [5.41, 5.74) is 0. The summed E-state index contributed by atoms with van der Waals surface area (Å²) in [6.07, 6.45) is 2.70. The van der Waals surface area contributed by atoms with Gasteiger partial charge in [-0.05, 0) is 12.8 Å². The predicted octanol–water partition coefficient (Wildman–Crippen LogP) is 0.203. The molecule has 0 aromatic heterocycles. The smallest absolute Gasteiger partial charge is 0.226 e. The fourth-order valence-electron chi connectivity index (χ4n) is 0.852. The topological polar surface area (TPSA) is 46.2 Å². The minimum absolute atomic E-state index is 0.127. The van der Waals surface area contributed by atoms with Crippen molar-refractivity contribution in [3.05, 3.63) is 0 Å². The van der Waals surface area contributed by atoms with Crippen LogP contribution in [0.25, 0.3) is 0 Å². The molecule has 50 valence electrons. The van der Waals surface area contributed by atoms with Crippen molar-refractivity contribution in [3.63, 3.8) is 0 Å². The van der Waals surface area contributed by atoms with Crippen molar-refractivity contribution in [1.29, 1.82) is 0 Å². The van der Waals surface area contributed by atoms with Crippen LogP contribution in [0.5, 0.6) is 0 Å². The summed E-state index contributed by atoms with van der Waals surface area (Å²) in [7, 11) is 0. The normalized spacial score (nSPS) is 20.9. The Morgan fingerprint density at radius 3 is 1.89 bits per heavy atom. The van der Waals surface area contributed by atoms with E-state index in [9.17, 15) is 9.59 Å². The highest BCUT2D eigenvalue weighted by Crippen LogP contribution is 2.03. The molecule has 0 atom stereocenters. The predicted molar refractivity (Wildman–Crippen MR) is 31.6 cm³/mol. The zero-order valence-electron chi connectivity index (χ0n) is 5.14. The Morgan fingerprint density at radius 2 is 1.44 bits per heavy atom. The number of rotatable bonds is 0. The van der Waals surface area contributed by atoms with Crippen LogP contribution in [0.1, 0.15) is 25.7 Å². The van der Waals surface area contributed by atoms with Crippen LogP contribution in [0.3, 0.4) is 0 Å². The van der Waals surface area contributed by atoms with E-state index in [4.69, 9.17) is 0 Å². The molecule has 0 unspecified atom stereocenters.